The Morgan fingerprint density at radius 3 is 2.59 bits per heavy atom. The van der Waals surface area contributed by atoms with Crippen molar-refractivity contribution in [1.29, 1.82) is 0 Å². The van der Waals surface area contributed by atoms with Crippen LogP contribution in [0.5, 0.6) is 0 Å². The molecular weight excluding hydrogens is 364 g/mol. The number of para-hydroxylation sites is 1. The molecule has 0 atom stereocenters. The average molecular weight is 388 g/mol. The molecule has 0 aliphatic heterocycles. The first-order valence-electron chi connectivity index (χ1n) is 9.68. The van der Waals surface area contributed by atoms with Gasteiger partial charge in [0.25, 0.3) is 5.91 Å². The second-order valence-electron chi connectivity index (χ2n) is 7.17. The molecule has 2 aromatic heterocycles. The van der Waals surface area contributed by atoms with Gasteiger partial charge in [0.2, 0.25) is 0 Å². The van der Waals surface area contributed by atoms with Crippen LogP contribution in [0.25, 0.3) is 16.7 Å². The smallest absolute Gasteiger partial charge is 0.253 e. The molecule has 29 heavy (non-hydrogen) atoms. The molecule has 0 saturated heterocycles. The molecule has 7 nitrogen and oxygen atoms in total. The van der Waals surface area contributed by atoms with E-state index in [0.29, 0.717) is 12.1 Å². The molecule has 0 saturated carbocycles. The normalized spacial score (nSPS) is 11.2. The van der Waals surface area contributed by atoms with Gasteiger partial charge in [-0.05, 0) is 51.1 Å². The fraction of sp³-hybridized carbons (Fsp3) is 0.273. The summed E-state index contributed by atoms with van der Waals surface area (Å²) in [5, 5.41) is 13.0. The molecular formula is C22H24N6O. The maximum absolute atomic E-state index is 13.0. The molecule has 4 aromatic rings. The summed E-state index contributed by atoms with van der Waals surface area (Å²) in [6.45, 7) is 7.27. The van der Waals surface area contributed by atoms with Gasteiger partial charge in [0.15, 0.2) is 0 Å². The molecule has 0 aliphatic carbocycles. The number of carbonyl (C=O) groups excluding carboxylic acids is 1. The van der Waals surface area contributed by atoms with Gasteiger partial charge in [0.05, 0.1) is 16.9 Å². The molecule has 0 N–H and O–H groups in total. The summed E-state index contributed by atoms with van der Waals surface area (Å²) in [4.78, 5) is 14.7. The van der Waals surface area contributed by atoms with Crippen LogP contribution in [0.4, 0.5) is 0 Å². The third-order valence-electron chi connectivity index (χ3n) is 5.24. The first kappa shape index (κ1) is 18.9. The Labute approximate surface area is 169 Å². The minimum Gasteiger partial charge on any atom is -0.337 e. The van der Waals surface area contributed by atoms with Crippen molar-refractivity contribution in [3.8, 4) is 5.69 Å². The average Bonchev–Trinajstić information content (AvgIpc) is 3.28. The van der Waals surface area contributed by atoms with E-state index in [1.165, 1.54) is 0 Å². The molecule has 0 fully saturated rings. The summed E-state index contributed by atoms with van der Waals surface area (Å²) in [6, 6.07) is 15.6. The van der Waals surface area contributed by atoms with Crippen LogP contribution in [0.1, 0.15) is 34.2 Å². The van der Waals surface area contributed by atoms with E-state index in [4.69, 9.17) is 0 Å². The summed E-state index contributed by atoms with van der Waals surface area (Å²) in [5.74, 6) is -0.0517. The summed E-state index contributed by atoms with van der Waals surface area (Å²) >= 11 is 0. The van der Waals surface area contributed by atoms with Crippen molar-refractivity contribution in [2.45, 2.75) is 33.9 Å². The zero-order chi connectivity index (χ0) is 20.5. The van der Waals surface area contributed by atoms with Crippen LogP contribution in [0.2, 0.25) is 0 Å². The summed E-state index contributed by atoms with van der Waals surface area (Å²) in [6.07, 6.45) is 0. The van der Waals surface area contributed by atoms with Crippen molar-refractivity contribution in [3.63, 3.8) is 0 Å². The van der Waals surface area contributed by atoms with Gasteiger partial charge in [-0.3, -0.25) is 4.79 Å². The first-order valence-corrected chi connectivity index (χ1v) is 9.68. The quantitative estimate of drug-likeness (QED) is 0.524. The van der Waals surface area contributed by atoms with Crippen LogP contribution in [0.15, 0.2) is 48.5 Å². The highest BCUT2D eigenvalue weighted by atomic mass is 16.2. The van der Waals surface area contributed by atoms with Gasteiger partial charge in [-0.25, -0.2) is 9.36 Å². The van der Waals surface area contributed by atoms with E-state index < -0.39 is 0 Å². The van der Waals surface area contributed by atoms with E-state index in [2.05, 4.69) is 15.4 Å². The van der Waals surface area contributed by atoms with Crippen LogP contribution in [0, 0.1) is 13.8 Å². The Morgan fingerprint density at radius 2 is 1.86 bits per heavy atom. The fourth-order valence-electron chi connectivity index (χ4n) is 3.59. The number of carbonyl (C=O) groups is 1. The van der Waals surface area contributed by atoms with Gasteiger partial charge in [0.1, 0.15) is 5.52 Å². The zero-order valence-corrected chi connectivity index (χ0v) is 17.1. The molecule has 1 amide bonds. The van der Waals surface area contributed by atoms with Gasteiger partial charge >= 0.3 is 0 Å². The highest BCUT2D eigenvalue weighted by molar-refractivity contribution is 5.97. The van der Waals surface area contributed by atoms with Gasteiger partial charge in [0, 0.05) is 37.0 Å². The molecule has 2 heterocycles. The van der Waals surface area contributed by atoms with E-state index in [-0.39, 0.29) is 5.91 Å². The van der Waals surface area contributed by atoms with E-state index in [1.54, 1.807) is 11.0 Å². The minimum absolute atomic E-state index is 0.0517. The van der Waals surface area contributed by atoms with Gasteiger partial charge in [-0.1, -0.05) is 23.4 Å². The number of nitrogens with zero attached hydrogens (tertiary/aromatic N) is 6. The predicted molar refractivity (Wildman–Crippen MR) is 112 cm³/mol. The van der Waals surface area contributed by atoms with Crippen LogP contribution in [-0.4, -0.2) is 42.6 Å². The van der Waals surface area contributed by atoms with Crippen molar-refractivity contribution in [1.82, 2.24) is 29.7 Å². The Balaban J connectivity index is 1.59. The standard InChI is InChI=1S/C22H24N6O/c1-5-27-21-12-11-17(13-20(21)23-25-27)22(29)26(4)14-19-15(2)24-28(16(19)3)18-9-7-6-8-10-18/h6-13H,5,14H2,1-4H3. The molecule has 148 valence electrons. The Morgan fingerprint density at radius 1 is 1.10 bits per heavy atom. The highest BCUT2D eigenvalue weighted by Gasteiger charge is 2.19. The van der Waals surface area contributed by atoms with E-state index in [9.17, 15) is 4.79 Å². The Bertz CT molecular complexity index is 1170. The number of rotatable bonds is 5. The van der Waals surface area contributed by atoms with Gasteiger partial charge in [-0.2, -0.15) is 5.10 Å². The number of hydrogen-bond donors (Lipinski definition) is 0. The van der Waals surface area contributed by atoms with Crippen LogP contribution in [0.3, 0.4) is 0 Å². The number of hydrogen-bond acceptors (Lipinski definition) is 4. The van der Waals surface area contributed by atoms with E-state index in [1.807, 2.05) is 79.6 Å². The van der Waals surface area contributed by atoms with Gasteiger partial charge < -0.3 is 4.90 Å². The van der Waals surface area contributed by atoms with Crippen molar-refractivity contribution in [2.75, 3.05) is 7.05 Å². The van der Waals surface area contributed by atoms with Crippen LogP contribution < -0.4 is 0 Å². The second kappa shape index (κ2) is 7.50. The molecule has 0 radical (unpaired) electrons. The summed E-state index contributed by atoms with van der Waals surface area (Å²) in [7, 11) is 1.81. The third-order valence-corrected chi connectivity index (χ3v) is 5.24. The van der Waals surface area contributed by atoms with Crippen molar-refractivity contribution in [2.24, 2.45) is 0 Å². The van der Waals surface area contributed by atoms with E-state index >= 15 is 0 Å². The Kier molecular flexibility index (Phi) is 4.88. The van der Waals surface area contributed by atoms with Crippen molar-refractivity contribution in [3.05, 3.63) is 71.0 Å². The van der Waals surface area contributed by atoms with Crippen LogP contribution >= 0.6 is 0 Å². The SMILES string of the molecule is CCn1nnc2cc(C(=O)N(C)Cc3c(C)nn(-c4ccccc4)c3C)ccc21. The maximum Gasteiger partial charge on any atom is 0.253 e. The topological polar surface area (TPSA) is 68.8 Å². The van der Waals surface area contributed by atoms with Crippen molar-refractivity contribution < 1.29 is 4.79 Å². The molecule has 0 aliphatic rings. The molecule has 0 unspecified atom stereocenters. The molecule has 0 spiro atoms. The molecule has 7 heteroatoms. The van der Waals surface area contributed by atoms with Crippen LogP contribution in [-0.2, 0) is 13.1 Å². The minimum atomic E-state index is -0.0517. The zero-order valence-electron chi connectivity index (χ0n) is 17.1. The molecule has 2 aromatic carbocycles. The number of benzene rings is 2. The van der Waals surface area contributed by atoms with Gasteiger partial charge in [-0.15, -0.1) is 5.10 Å². The summed E-state index contributed by atoms with van der Waals surface area (Å²) < 4.78 is 3.75. The van der Waals surface area contributed by atoms with E-state index in [0.717, 1.165) is 40.2 Å². The lowest BCUT2D eigenvalue weighted by Gasteiger charge is -2.18. The molecule has 4 rings (SSSR count). The lowest BCUT2D eigenvalue weighted by atomic mass is 10.1. The summed E-state index contributed by atoms with van der Waals surface area (Å²) in [5.41, 5.74) is 6.30. The predicted octanol–water partition coefficient (Wildman–Crippen LogP) is 3.53. The molecule has 0 bridgehead atoms. The highest BCUT2D eigenvalue weighted by Crippen LogP contribution is 2.21. The number of fused-ring (bicyclic) bond motifs is 1. The largest absolute Gasteiger partial charge is 0.337 e. The monoisotopic (exact) mass is 388 g/mol. The number of aromatic nitrogens is 5. The third kappa shape index (κ3) is 3.40. The Hall–Kier alpha value is -3.48. The fourth-order valence-corrected chi connectivity index (χ4v) is 3.59. The number of aryl methyl sites for hydroxylation is 2. The second-order valence-corrected chi connectivity index (χ2v) is 7.17. The maximum atomic E-state index is 13.0. The number of amides is 1. The lowest BCUT2D eigenvalue weighted by Crippen LogP contribution is -2.26. The lowest BCUT2D eigenvalue weighted by molar-refractivity contribution is 0.0785. The van der Waals surface area contributed by atoms with Crippen molar-refractivity contribution >= 4 is 16.9 Å². The first-order chi connectivity index (χ1) is 14.0.